The van der Waals surface area contributed by atoms with Crippen LogP contribution in [0.1, 0.15) is 50.5 Å². The van der Waals surface area contributed by atoms with Crippen molar-refractivity contribution in [2.45, 2.75) is 55.8 Å². The number of sulfonamides is 1. The number of hydrogen-bond acceptors (Lipinski definition) is 9. The quantitative estimate of drug-likeness (QED) is 0.185. The van der Waals surface area contributed by atoms with Gasteiger partial charge in [-0.3, -0.25) is 9.59 Å². The Hall–Kier alpha value is -2.95. The van der Waals surface area contributed by atoms with Crippen molar-refractivity contribution in [3.8, 4) is 0 Å². The zero-order valence-electron chi connectivity index (χ0n) is 28.4. The number of pyridine rings is 1. The number of alkyl halides is 2. The summed E-state index contributed by atoms with van der Waals surface area (Å²) in [7, 11) is -3.80. The Bertz CT molecular complexity index is 1560. The summed E-state index contributed by atoms with van der Waals surface area (Å²) in [6.45, 7) is 5.24. The molecule has 5 rings (SSSR count). The highest BCUT2D eigenvalue weighted by molar-refractivity contribution is 7.89. The summed E-state index contributed by atoms with van der Waals surface area (Å²) in [5.74, 6) is -4.24. The second-order valence-electron chi connectivity index (χ2n) is 13.3. The Labute approximate surface area is 298 Å². The lowest BCUT2D eigenvalue weighted by Crippen LogP contribution is -2.49. The second-order valence-corrected chi connectivity index (χ2v) is 15.6. The standard InChI is InChI=1S/C34H49ClF2N8O4S/c35-30-23-27(34(36,37)26-6-4-25(5-7-26)33(47)40-14-2-15-42(17-12-38)18-13-39)24-31(41-30)43-19-21-44(22-20-43)50(48,49)29-10-8-28(9-11-29)45-16-1-3-32(45)46/h8-11,23-26H,1-7,12-22,38-39H2,(H,40,47). The molecule has 16 heteroatoms. The van der Waals surface area contributed by atoms with Crippen molar-refractivity contribution in [3.63, 3.8) is 0 Å². The largest absolute Gasteiger partial charge is 0.356 e. The fraction of sp³-hybridized carbons (Fsp3) is 0.618. The van der Waals surface area contributed by atoms with Crippen LogP contribution in [-0.2, 0) is 25.5 Å². The summed E-state index contributed by atoms with van der Waals surface area (Å²) in [6.07, 6.45) is 3.17. The van der Waals surface area contributed by atoms with E-state index >= 15 is 8.78 Å². The number of anilines is 2. The first-order chi connectivity index (χ1) is 23.9. The van der Waals surface area contributed by atoms with Crippen molar-refractivity contribution >= 4 is 44.9 Å². The zero-order chi connectivity index (χ0) is 35.9. The number of nitrogens with two attached hydrogens (primary N) is 2. The van der Waals surface area contributed by atoms with Gasteiger partial charge in [-0.25, -0.2) is 22.2 Å². The SMILES string of the molecule is NCCN(CCN)CCCNC(=O)C1CCC(C(F)(F)c2cc(Cl)nc(N3CCN(S(=O)(=O)c4ccc(N5CCCC5=O)cc4)CC3)c2)CC1. The minimum Gasteiger partial charge on any atom is -0.356 e. The molecular formula is C34H49ClF2N8O4S. The minimum atomic E-state index is -3.80. The van der Waals surface area contributed by atoms with Crippen LogP contribution in [0.2, 0.25) is 5.15 Å². The monoisotopic (exact) mass is 738 g/mol. The van der Waals surface area contributed by atoms with Crippen molar-refractivity contribution in [1.29, 1.82) is 0 Å². The molecule has 0 radical (unpaired) electrons. The van der Waals surface area contributed by atoms with Gasteiger partial charge in [-0.2, -0.15) is 4.31 Å². The molecule has 3 heterocycles. The van der Waals surface area contributed by atoms with Gasteiger partial charge in [-0.15, -0.1) is 0 Å². The topological polar surface area (TPSA) is 158 Å². The average molecular weight is 739 g/mol. The van der Waals surface area contributed by atoms with E-state index in [4.69, 9.17) is 23.1 Å². The molecule has 2 aliphatic heterocycles. The molecule has 50 heavy (non-hydrogen) atoms. The number of rotatable bonds is 15. The number of carbonyl (C=O) groups excluding carboxylic acids is 2. The Morgan fingerprint density at radius 1 is 0.980 bits per heavy atom. The molecule has 1 aromatic heterocycles. The summed E-state index contributed by atoms with van der Waals surface area (Å²) in [4.78, 5) is 34.9. The predicted octanol–water partition coefficient (Wildman–Crippen LogP) is 3.00. The Morgan fingerprint density at radius 3 is 2.24 bits per heavy atom. The maximum absolute atomic E-state index is 16.0. The molecule has 1 aliphatic carbocycles. The Balaban J connectivity index is 1.13. The molecule has 0 bridgehead atoms. The molecule has 0 spiro atoms. The van der Waals surface area contributed by atoms with Crippen LogP contribution in [0.5, 0.6) is 0 Å². The van der Waals surface area contributed by atoms with Crippen LogP contribution >= 0.6 is 11.6 Å². The van der Waals surface area contributed by atoms with Crippen LogP contribution in [0, 0.1) is 11.8 Å². The summed E-state index contributed by atoms with van der Waals surface area (Å²) in [5.41, 5.74) is 11.7. The fourth-order valence-corrected chi connectivity index (χ4v) is 8.80. The van der Waals surface area contributed by atoms with Gasteiger partial charge < -0.3 is 31.5 Å². The van der Waals surface area contributed by atoms with Gasteiger partial charge in [0, 0.05) is 95.0 Å². The number of piperazine rings is 1. The van der Waals surface area contributed by atoms with Crippen LogP contribution in [0.3, 0.4) is 0 Å². The summed E-state index contributed by atoms with van der Waals surface area (Å²) in [6, 6.07) is 8.87. The normalized spacial score (nSPS) is 20.9. The van der Waals surface area contributed by atoms with Crippen molar-refractivity contribution in [1.82, 2.24) is 19.5 Å². The van der Waals surface area contributed by atoms with Crippen molar-refractivity contribution in [2.24, 2.45) is 23.3 Å². The van der Waals surface area contributed by atoms with Gasteiger partial charge >= 0.3 is 0 Å². The van der Waals surface area contributed by atoms with Crippen LogP contribution in [0.15, 0.2) is 41.3 Å². The lowest BCUT2D eigenvalue weighted by Gasteiger charge is -2.36. The van der Waals surface area contributed by atoms with E-state index < -0.39 is 21.9 Å². The van der Waals surface area contributed by atoms with Gasteiger partial charge in [0.1, 0.15) is 11.0 Å². The van der Waals surface area contributed by atoms with Gasteiger partial charge in [0.15, 0.2) is 0 Å². The van der Waals surface area contributed by atoms with Crippen LogP contribution < -0.4 is 26.6 Å². The van der Waals surface area contributed by atoms with E-state index in [0.29, 0.717) is 51.1 Å². The number of amides is 2. The van der Waals surface area contributed by atoms with E-state index in [1.807, 2.05) is 0 Å². The maximum atomic E-state index is 16.0. The van der Waals surface area contributed by atoms with Crippen molar-refractivity contribution < 1.29 is 26.8 Å². The molecule has 12 nitrogen and oxygen atoms in total. The third kappa shape index (κ3) is 9.09. The van der Waals surface area contributed by atoms with Gasteiger partial charge in [0.25, 0.3) is 5.92 Å². The Morgan fingerprint density at radius 2 is 1.64 bits per heavy atom. The molecule has 0 atom stereocenters. The van der Waals surface area contributed by atoms with Gasteiger partial charge in [-0.05, 0) is 81.5 Å². The van der Waals surface area contributed by atoms with Crippen LogP contribution in [-0.4, -0.2) is 106 Å². The van der Waals surface area contributed by atoms with Crippen LogP contribution in [0.4, 0.5) is 20.3 Å². The minimum absolute atomic E-state index is 0.0245. The lowest BCUT2D eigenvalue weighted by molar-refractivity contribution is -0.129. The molecule has 1 saturated carbocycles. The highest BCUT2D eigenvalue weighted by Crippen LogP contribution is 2.46. The molecule has 2 amide bonds. The first-order valence-electron chi connectivity index (χ1n) is 17.6. The number of nitrogens with one attached hydrogen (secondary N) is 1. The highest BCUT2D eigenvalue weighted by Gasteiger charge is 2.44. The number of halogens is 3. The number of aromatic nitrogens is 1. The van der Waals surface area contributed by atoms with E-state index in [1.54, 1.807) is 21.9 Å². The van der Waals surface area contributed by atoms with E-state index in [-0.39, 0.29) is 78.2 Å². The highest BCUT2D eigenvalue weighted by atomic mass is 35.5. The summed E-state index contributed by atoms with van der Waals surface area (Å²) >= 11 is 6.27. The molecule has 1 aromatic carbocycles. The van der Waals surface area contributed by atoms with E-state index in [0.717, 1.165) is 32.5 Å². The molecule has 5 N–H and O–H groups in total. The third-order valence-corrected chi connectivity index (χ3v) is 12.1. The lowest BCUT2D eigenvalue weighted by atomic mass is 9.77. The molecule has 3 fully saturated rings. The predicted molar refractivity (Wildman–Crippen MR) is 190 cm³/mol. The van der Waals surface area contributed by atoms with Gasteiger partial charge in [0.05, 0.1) is 4.90 Å². The second kappa shape index (κ2) is 17.0. The van der Waals surface area contributed by atoms with Gasteiger partial charge in [0.2, 0.25) is 21.8 Å². The average Bonchev–Trinajstić information content (AvgIpc) is 3.55. The van der Waals surface area contributed by atoms with Crippen molar-refractivity contribution in [2.75, 3.05) is 81.8 Å². The molecule has 276 valence electrons. The smallest absolute Gasteiger partial charge is 0.276 e. The van der Waals surface area contributed by atoms with E-state index in [9.17, 15) is 18.0 Å². The van der Waals surface area contributed by atoms with E-state index in [1.165, 1.54) is 28.6 Å². The number of hydrogen-bond donors (Lipinski definition) is 3. The van der Waals surface area contributed by atoms with E-state index in [2.05, 4.69) is 15.2 Å². The maximum Gasteiger partial charge on any atom is 0.276 e. The molecule has 2 saturated heterocycles. The Kier molecular flexibility index (Phi) is 13.1. The molecule has 0 unspecified atom stereocenters. The molecule has 3 aliphatic rings. The molecular weight excluding hydrogens is 690 g/mol. The third-order valence-electron chi connectivity index (χ3n) is 10.0. The number of benzene rings is 1. The van der Waals surface area contributed by atoms with Crippen LogP contribution in [0.25, 0.3) is 0 Å². The van der Waals surface area contributed by atoms with Gasteiger partial charge in [-0.1, -0.05) is 11.6 Å². The van der Waals surface area contributed by atoms with Crippen molar-refractivity contribution in [3.05, 3.63) is 47.1 Å². The summed E-state index contributed by atoms with van der Waals surface area (Å²) < 4.78 is 60.1. The summed E-state index contributed by atoms with van der Waals surface area (Å²) in [5, 5.41) is 2.90. The zero-order valence-corrected chi connectivity index (χ0v) is 30.0. The number of carbonyl (C=O) groups is 2. The first kappa shape index (κ1) is 38.3. The fourth-order valence-electron chi connectivity index (χ4n) is 7.18. The first-order valence-corrected chi connectivity index (χ1v) is 19.4. The molecule has 2 aromatic rings. The number of nitrogens with zero attached hydrogens (tertiary/aromatic N) is 5.